The number of H-pyrrole nitrogens is 1. The number of hydrogen-bond acceptors (Lipinski definition) is 5. The molecule has 0 spiro atoms. The van der Waals surface area contributed by atoms with E-state index in [0.29, 0.717) is 5.65 Å². The molecule has 4 N–H and O–H groups in total. The van der Waals surface area contributed by atoms with Crippen LogP contribution in [0.1, 0.15) is 11.4 Å². The van der Waals surface area contributed by atoms with Gasteiger partial charge in [0, 0.05) is 17.0 Å². The summed E-state index contributed by atoms with van der Waals surface area (Å²) in [6.07, 6.45) is 0. The molecule has 0 bridgehead atoms. The second kappa shape index (κ2) is 6.90. The molecule has 8 heteroatoms. The largest absolute Gasteiger partial charge is 0.411 e. The van der Waals surface area contributed by atoms with Crippen LogP contribution >= 0.6 is 0 Å². The second-order valence-electron chi connectivity index (χ2n) is 6.65. The molecular weight excluding hydrogens is 356 g/mol. The second-order valence-corrected chi connectivity index (χ2v) is 6.65. The van der Waals surface area contributed by atoms with E-state index in [1.807, 2.05) is 56.3 Å². The monoisotopic (exact) mass is 377 g/mol. The molecular formula is C20H21N6O2+. The first-order valence-electron chi connectivity index (χ1n) is 8.96. The van der Waals surface area contributed by atoms with Crippen molar-refractivity contribution in [3.63, 3.8) is 0 Å². The first kappa shape index (κ1) is 17.9. The number of aromatic nitrogens is 5. The highest BCUT2D eigenvalue weighted by Crippen LogP contribution is 2.32. The van der Waals surface area contributed by atoms with Crippen molar-refractivity contribution in [2.45, 2.75) is 20.4 Å². The minimum absolute atomic E-state index is 0.0917. The van der Waals surface area contributed by atoms with Crippen LogP contribution in [0.15, 0.2) is 47.3 Å². The molecule has 3 aromatic heterocycles. The van der Waals surface area contributed by atoms with Crippen LogP contribution in [-0.4, -0.2) is 30.9 Å². The van der Waals surface area contributed by atoms with Crippen LogP contribution in [0.5, 0.6) is 0 Å². The van der Waals surface area contributed by atoms with Gasteiger partial charge in [-0.25, -0.2) is 9.78 Å². The molecule has 3 heterocycles. The molecule has 0 aliphatic heterocycles. The Morgan fingerprint density at radius 2 is 1.79 bits per heavy atom. The number of nitrogens with two attached hydrogens (primary N) is 1. The van der Waals surface area contributed by atoms with Crippen molar-refractivity contribution in [1.82, 2.24) is 19.2 Å². The van der Waals surface area contributed by atoms with Crippen molar-refractivity contribution in [2.75, 3.05) is 12.3 Å². The van der Waals surface area contributed by atoms with Crippen LogP contribution in [0.3, 0.4) is 0 Å². The van der Waals surface area contributed by atoms with Gasteiger partial charge in [-0.2, -0.15) is 4.68 Å². The van der Waals surface area contributed by atoms with Gasteiger partial charge in [0.1, 0.15) is 5.69 Å². The average Bonchev–Trinajstić information content (AvgIpc) is 2.98. The number of fused-ring (bicyclic) bond motifs is 1. The Bertz CT molecular complexity index is 1210. The van der Waals surface area contributed by atoms with Crippen LogP contribution in [0.2, 0.25) is 0 Å². The summed E-state index contributed by atoms with van der Waals surface area (Å²) in [6, 6.07) is 13.7. The van der Waals surface area contributed by atoms with E-state index < -0.39 is 5.69 Å². The van der Waals surface area contributed by atoms with E-state index in [2.05, 4.69) is 15.1 Å². The lowest BCUT2D eigenvalue weighted by atomic mass is 9.99. The van der Waals surface area contributed by atoms with E-state index in [-0.39, 0.29) is 19.1 Å². The highest BCUT2D eigenvalue weighted by Gasteiger charge is 2.25. The third kappa shape index (κ3) is 2.93. The van der Waals surface area contributed by atoms with Crippen LogP contribution < -0.4 is 16.4 Å². The van der Waals surface area contributed by atoms with Crippen molar-refractivity contribution in [2.24, 2.45) is 0 Å². The topological polar surface area (TPSA) is 113 Å². The summed E-state index contributed by atoms with van der Waals surface area (Å²) in [5.74, 6) is 0.175. The fraction of sp³-hybridized carbons (Fsp3) is 0.200. The van der Waals surface area contributed by atoms with E-state index in [1.54, 1.807) is 0 Å². The number of aliphatic hydroxyl groups is 1. The van der Waals surface area contributed by atoms with Gasteiger partial charge in [0.05, 0.1) is 18.7 Å². The number of hydrogen-bond donors (Lipinski definition) is 2. The van der Waals surface area contributed by atoms with Crippen molar-refractivity contribution >= 4 is 11.6 Å². The van der Waals surface area contributed by atoms with Gasteiger partial charge in [-0.05, 0) is 31.5 Å². The number of rotatable bonds is 4. The predicted octanol–water partition coefficient (Wildman–Crippen LogP) is 1.23. The van der Waals surface area contributed by atoms with Crippen molar-refractivity contribution in [1.29, 1.82) is 0 Å². The molecule has 142 valence electrons. The smallest absolute Gasteiger partial charge is 0.394 e. The zero-order valence-electron chi connectivity index (χ0n) is 15.7. The lowest BCUT2D eigenvalue weighted by molar-refractivity contribution is -0.351. The Balaban J connectivity index is 2.15. The maximum absolute atomic E-state index is 12.7. The van der Waals surface area contributed by atoms with Crippen LogP contribution in [0.4, 0.5) is 5.95 Å². The van der Waals surface area contributed by atoms with Gasteiger partial charge in [-0.3, -0.25) is 10.7 Å². The number of nitrogens with zero attached hydrogens (tertiary/aromatic N) is 4. The quantitative estimate of drug-likeness (QED) is 0.555. The molecule has 8 nitrogen and oxygen atoms in total. The average molecular weight is 377 g/mol. The van der Waals surface area contributed by atoms with Crippen molar-refractivity contribution < 1.29 is 10.1 Å². The zero-order valence-corrected chi connectivity index (χ0v) is 15.7. The number of pyridine rings is 1. The fourth-order valence-corrected chi connectivity index (χ4v) is 3.46. The van der Waals surface area contributed by atoms with Gasteiger partial charge in [0.15, 0.2) is 0 Å². The van der Waals surface area contributed by atoms with Gasteiger partial charge >= 0.3 is 11.6 Å². The lowest BCUT2D eigenvalue weighted by Crippen LogP contribution is -2.28. The van der Waals surface area contributed by atoms with E-state index in [0.717, 1.165) is 33.8 Å². The Morgan fingerprint density at radius 3 is 2.43 bits per heavy atom. The molecule has 0 atom stereocenters. The van der Waals surface area contributed by atoms with E-state index >= 15 is 0 Å². The highest BCUT2D eigenvalue weighted by atomic mass is 16.3. The Morgan fingerprint density at radius 1 is 1.11 bits per heavy atom. The van der Waals surface area contributed by atoms with Crippen LogP contribution in [0.25, 0.3) is 28.0 Å². The molecule has 0 saturated heterocycles. The fourth-order valence-electron chi connectivity index (χ4n) is 3.46. The molecule has 0 aliphatic carbocycles. The van der Waals surface area contributed by atoms with Gasteiger partial charge in [-0.15, -0.1) is 9.50 Å². The van der Waals surface area contributed by atoms with Gasteiger partial charge in [-0.1, -0.05) is 30.3 Å². The number of aryl methyl sites for hydroxylation is 2. The number of aromatic amines is 1. The van der Waals surface area contributed by atoms with E-state index in [9.17, 15) is 9.90 Å². The summed E-state index contributed by atoms with van der Waals surface area (Å²) in [4.78, 5) is 20.4. The molecule has 0 unspecified atom stereocenters. The van der Waals surface area contributed by atoms with E-state index in [4.69, 9.17) is 5.73 Å². The summed E-state index contributed by atoms with van der Waals surface area (Å²) in [6.45, 7) is 3.75. The summed E-state index contributed by atoms with van der Waals surface area (Å²) < 4.78 is 2.56. The zero-order chi connectivity index (χ0) is 19.8. The highest BCUT2D eigenvalue weighted by molar-refractivity contribution is 5.88. The molecule has 4 rings (SSSR count). The molecule has 0 aliphatic rings. The minimum atomic E-state index is -0.402. The summed E-state index contributed by atoms with van der Waals surface area (Å²) >= 11 is 0. The molecule has 0 fully saturated rings. The first-order chi connectivity index (χ1) is 13.5. The maximum atomic E-state index is 12.7. The summed E-state index contributed by atoms with van der Waals surface area (Å²) in [5.41, 5.74) is 11.3. The Kier molecular flexibility index (Phi) is 4.40. The summed E-state index contributed by atoms with van der Waals surface area (Å²) in [7, 11) is 0. The predicted molar refractivity (Wildman–Crippen MR) is 106 cm³/mol. The minimum Gasteiger partial charge on any atom is -0.394 e. The van der Waals surface area contributed by atoms with Gasteiger partial charge in [0.2, 0.25) is 5.65 Å². The lowest BCUT2D eigenvalue weighted by Gasteiger charge is -2.10. The van der Waals surface area contributed by atoms with Crippen LogP contribution in [-0.2, 0) is 6.54 Å². The molecule has 0 radical (unpaired) electrons. The normalized spacial score (nSPS) is 11.2. The van der Waals surface area contributed by atoms with Crippen molar-refractivity contribution in [3.05, 3.63) is 64.3 Å². The third-order valence-corrected chi connectivity index (χ3v) is 4.55. The SMILES string of the molecule is Cc1cc(-c2c(-c3ccccc3)[nH+]c(N)n3c(=O)n(CCO)nc23)cc(C)n1. The Hall–Kier alpha value is -3.52. The molecule has 0 saturated carbocycles. The molecule has 4 aromatic rings. The van der Waals surface area contributed by atoms with Gasteiger partial charge in [0.25, 0.3) is 0 Å². The third-order valence-electron chi connectivity index (χ3n) is 4.55. The number of anilines is 1. The summed E-state index contributed by atoms with van der Waals surface area (Å²) in [5, 5.41) is 13.7. The van der Waals surface area contributed by atoms with Gasteiger partial charge < -0.3 is 5.11 Å². The maximum Gasteiger partial charge on any atom is 0.411 e. The number of nitrogen functional groups attached to an aromatic ring is 1. The molecule has 1 aromatic carbocycles. The first-order valence-corrected chi connectivity index (χ1v) is 8.96. The standard InChI is InChI=1S/C20H20N6O2/c1-12-10-15(11-13(2)22-12)16-17(14-6-4-3-5-7-14)23-19(21)26-18(16)24-25(8-9-27)20(26)28/h3-7,10-11,27H,8-9H2,1-2H3,(H2,21,23)/p+1. The number of benzene rings is 1. The van der Waals surface area contributed by atoms with Crippen LogP contribution in [0, 0.1) is 13.8 Å². The molecule has 28 heavy (non-hydrogen) atoms. The number of nitrogens with one attached hydrogen (secondary N) is 1. The number of aliphatic hydroxyl groups excluding tert-OH is 1. The molecule has 0 amide bonds. The Labute approximate surface area is 160 Å². The van der Waals surface area contributed by atoms with Crippen molar-refractivity contribution in [3.8, 4) is 22.4 Å². The van der Waals surface area contributed by atoms with E-state index in [1.165, 1.54) is 9.08 Å².